The van der Waals surface area contributed by atoms with Crippen LogP contribution in [0.15, 0.2) is 274 Å². The summed E-state index contributed by atoms with van der Waals surface area (Å²) in [6.07, 6.45) is -0.457. The number of Topliss-reactive ketones (excluding diaryl/α,β-unsaturated/α-hetero) is 2. The predicted octanol–water partition coefficient (Wildman–Crippen LogP) is 14.1. The van der Waals surface area contributed by atoms with Crippen molar-refractivity contribution in [3.05, 3.63) is 302 Å². The van der Waals surface area contributed by atoms with Crippen molar-refractivity contribution in [3.63, 3.8) is 0 Å². The van der Waals surface area contributed by atoms with Crippen LogP contribution in [-0.2, 0) is 19.2 Å². The molecular weight excluding hydrogens is 1060 g/mol. The lowest BCUT2D eigenvalue weighted by molar-refractivity contribution is -0.134. The average Bonchev–Trinajstić information content (AvgIpc) is 1.78. The number of carbonyl (C=O) groups is 4. The van der Waals surface area contributed by atoms with E-state index in [0.717, 1.165) is 38.1 Å². The Balaban J connectivity index is 2.03. The standard InChI is InChI=1S/C77H53N3O6/c1-14-15-16-17-18-19-20-21-22-23-24-25-26-27-28-29-30-31-32-33-34-35-36-37-38-39-40-41-42-43-44-45-46-53-69(78(75(84)60(10)11)66-54-68(81)72(74(66)83)71-62(56(2)3)49-47-50-63(71)57(4)5)79(76(85)61(12)13)67-55-70(82)80(77(67)86)73-64(58(6)7)51-48-52-65(73)59(8)9/h47-52,55-59,66,72,82,86H,1,10,12,54H2,2-9,11,13H3. The lowest BCUT2D eigenvalue weighted by atomic mass is 9.80. The van der Waals surface area contributed by atoms with Crippen molar-refractivity contribution >= 4 is 29.1 Å². The second-order valence-electron chi connectivity index (χ2n) is 19.3. The largest absolute Gasteiger partial charge is 0.494 e. The van der Waals surface area contributed by atoms with Crippen LogP contribution in [0.2, 0.25) is 0 Å². The lowest BCUT2D eigenvalue weighted by Gasteiger charge is -2.34. The van der Waals surface area contributed by atoms with Gasteiger partial charge in [0.15, 0.2) is 11.6 Å². The fourth-order valence-electron chi connectivity index (χ4n) is 8.25. The number of hydrogen-bond donors (Lipinski definition) is 2. The van der Waals surface area contributed by atoms with Crippen molar-refractivity contribution in [1.29, 1.82) is 0 Å². The quantitative estimate of drug-likeness (QED) is 0.106. The number of hydrogen-bond acceptors (Lipinski definition) is 6. The fraction of sp³-hybridized carbons (Fsp3) is 0.221. The summed E-state index contributed by atoms with van der Waals surface area (Å²) >= 11 is 0. The van der Waals surface area contributed by atoms with Gasteiger partial charge in [0.05, 0.1) is 5.69 Å². The number of rotatable bonds is 12. The highest BCUT2D eigenvalue weighted by Gasteiger charge is 2.50. The molecule has 1 aliphatic rings. The molecule has 412 valence electrons. The number of anilines is 1. The van der Waals surface area contributed by atoms with Crippen LogP contribution in [0.1, 0.15) is 133 Å². The van der Waals surface area contributed by atoms with Gasteiger partial charge in [0.1, 0.15) is 23.4 Å². The van der Waals surface area contributed by atoms with Crippen LogP contribution in [0.3, 0.4) is 0 Å². The van der Waals surface area contributed by atoms with Gasteiger partial charge in [-0.2, -0.15) is 0 Å². The molecule has 3 aromatic rings. The molecular formula is C77H53N3O6. The molecule has 2 unspecified atom stereocenters. The maximum atomic E-state index is 15.2. The number of aromatic hydroxyl groups is 2. The summed E-state index contributed by atoms with van der Waals surface area (Å²) in [6.45, 7) is 29.7. The Bertz CT molecular complexity index is 4800. The molecule has 0 bridgehead atoms. The molecule has 0 spiro atoms. The zero-order valence-electron chi connectivity index (χ0n) is 49.2. The summed E-state index contributed by atoms with van der Waals surface area (Å²) in [4.78, 5) is 61.2. The van der Waals surface area contributed by atoms with Gasteiger partial charge in [-0.05, 0) is 169 Å². The summed E-state index contributed by atoms with van der Waals surface area (Å²) in [6, 6.07) is 10.9. The van der Waals surface area contributed by atoms with Crippen LogP contribution in [0.5, 0.6) is 11.8 Å². The third-order valence-corrected chi connectivity index (χ3v) is 11.9. The Morgan fingerprint density at radius 1 is 0.512 bits per heavy atom. The highest BCUT2D eigenvalue weighted by molar-refractivity contribution is 6.18. The van der Waals surface area contributed by atoms with Gasteiger partial charge in [0.2, 0.25) is 11.8 Å². The number of benzene rings is 2. The molecule has 0 aliphatic heterocycles. The Kier molecular flexibility index (Phi) is 25.9. The van der Waals surface area contributed by atoms with E-state index in [0.29, 0.717) is 11.3 Å². The molecule has 86 heavy (non-hydrogen) atoms. The van der Waals surface area contributed by atoms with Crippen molar-refractivity contribution in [2.45, 2.75) is 111 Å². The van der Waals surface area contributed by atoms with Crippen LogP contribution < -0.4 is 4.90 Å². The summed E-state index contributed by atoms with van der Waals surface area (Å²) < 4.78 is 1.22. The van der Waals surface area contributed by atoms with Gasteiger partial charge in [-0.3, -0.25) is 24.1 Å². The SMILES string of the molecule is C=C=C=C=C=C=C=C=C=C=C=C=C=C=C=C=C=C=C=C=C=C=C=C=C=C=C=C=C=C=C=C=C=C=C=C(N(C(=O)C(=C)C)c1cc(O)n(-c2c(C(C)C)cccc2C(C)C)c1O)N(C(=O)C(=C)C)C1CC(=O)C(c2c(C(C)C)cccc2C(C)C)C1=O. The molecule has 2 amide bonds. The molecule has 4 rings (SSSR count). The number of nitrogens with zero attached hydrogens (tertiary/aromatic N) is 3. The molecule has 2 aromatic carbocycles. The van der Waals surface area contributed by atoms with Gasteiger partial charge in [0.25, 0.3) is 11.8 Å². The van der Waals surface area contributed by atoms with Crippen molar-refractivity contribution < 1.29 is 29.4 Å². The summed E-state index contributed by atoms with van der Waals surface area (Å²) in [5.41, 5.74) is 89.3. The third-order valence-electron chi connectivity index (χ3n) is 11.9. The zero-order valence-corrected chi connectivity index (χ0v) is 49.2. The first-order chi connectivity index (χ1) is 41.3. The molecule has 2 N–H and O–H groups in total. The first-order valence-corrected chi connectivity index (χ1v) is 26.4. The maximum Gasteiger partial charge on any atom is 0.259 e. The van der Waals surface area contributed by atoms with E-state index in [2.05, 4.69) is 215 Å². The van der Waals surface area contributed by atoms with Crippen molar-refractivity contribution in [3.8, 4) is 17.4 Å². The monoisotopic (exact) mass is 1120 g/mol. The fourth-order valence-corrected chi connectivity index (χ4v) is 8.25. The first-order valence-electron chi connectivity index (χ1n) is 26.4. The highest BCUT2D eigenvalue weighted by atomic mass is 16.3. The predicted molar refractivity (Wildman–Crippen MR) is 326 cm³/mol. The molecule has 9 heteroatoms. The molecule has 1 saturated carbocycles. The molecule has 1 heterocycles. The summed E-state index contributed by atoms with van der Waals surface area (Å²) in [7, 11) is 0. The van der Waals surface area contributed by atoms with Gasteiger partial charge in [-0.25, -0.2) is 9.47 Å². The van der Waals surface area contributed by atoms with Crippen molar-refractivity contribution in [2.75, 3.05) is 4.90 Å². The molecule has 9 nitrogen and oxygen atoms in total. The highest BCUT2D eigenvalue weighted by Crippen LogP contribution is 2.46. The minimum absolute atomic E-state index is 0.0732. The van der Waals surface area contributed by atoms with E-state index in [1.54, 1.807) is 0 Å². The number of ketones is 2. The number of amides is 2. The second-order valence-corrected chi connectivity index (χ2v) is 19.3. The third kappa shape index (κ3) is 18.4. The molecule has 0 radical (unpaired) electrons. The van der Waals surface area contributed by atoms with Crippen LogP contribution in [-0.4, -0.2) is 49.1 Å². The first kappa shape index (κ1) is 65.9. The van der Waals surface area contributed by atoms with Crippen LogP contribution in [0, 0.1) is 0 Å². The van der Waals surface area contributed by atoms with E-state index in [4.69, 9.17) is 0 Å². The van der Waals surface area contributed by atoms with E-state index in [1.807, 2.05) is 91.8 Å². The van der Waals surface area contributed by atoms with E-state index >= 15 is 4.79 Å². The Morgan fingerprint density at radius 2 is 0.837 bits per heavy atom. The number of aromatic nitrogens is 1. The van der Waals surface area contributed by atoms with Crippen LogP contribution in [0.4, 0.5) is 5.69 Å². The molecule has 0 saturated heterocycles. The van der Waals surface area contributed by atoms with Gasteiger partial charge >= 0.3 is 0 Å². The van der Waals surface area contributed by atoms with Crippen molar-refractivity contribution in [1.82, 2.24) is 9.47 Å². The van der Waals surface area contributed by atoms with E-state index in [-0.39, 0.29) is 40.5 Å². The van der Waals surface area contributed by atoms with E-state index < -0.39 is 59.3 Å². The minimum Gasteiger partial charge on any atom is -0.494 e. The summed E-state index contributed by atoms with van der Waals surface area (Å²) in [5, 5.41) is 24.3. The maximum absolute atomic E-state index is 15.2. The molecule has 1 aromatic heterocycles. The topological polar surface area (TPSA) is 120 Å². The smallest absolute Gasteiger partial charge is 0.259 e. The molecule has 2 atom stereocenters. The molecule has 1 aliphatic carbocycles. The van der Waals surface area contributed by atoms with E-state index in [1.165, 1.54) is 18.4 Å². The Labute approximate surface area is 500 Å². The summed E-state index contributed by atoms with van der Waals surface area (Å²) in [5.74, 6) is -5.97. The Hall–Kier alpha value is -12.7. The number of carbonyl (C=O) groups excluding carboxylic acids is 4. The normalized spacial score (nSPS) is 11.2. The van der Waals surface area contributed by atoms with Gasteiger partial charge in [0, 0.05) is 115 Å². The van der Waals surface area contributed by atoms with Crippen LogP contribution >= 0.6 is 0 Å². The van der Waals surface area contributed by atoms with Gasteiger partial charge in [-0.15, -0.1) is 0 Å². The number of para-hydroxylation sites is 1. The van der Waals surface area contributed by atoms with Crippen LogP contribution in [0.25, 0.3) is 5.69 Å². The second kappa shape index (κ2) is 33.8. The minimum atomic E-state index is -1.53. The zero-order chi connectivity index (χ0) is 63.1. The van der Waals surface area contributed by atoms with Gasteiger partial charge < -0.3 is 10.2 Å². The Morgan fingerprint density at radius 3 is 1.16 bits per heavy atom. The molecule has 1 fully saturated rings. The van der Waals surface area contributed by atoms with E-state index in [9.17, 15) is 24.6 Å². The lowest BCUT2D eigenvalue weighted by Crippen LogP contribution is -2.49. The van der Waals surface area contributed by atoms with Gasteiger partial charge in [-0.1, -0.05) is 111 Å². The average molecular weight is 1120 g/mol. The van der Waals surface area contributed by atoms with Crippen molar-refractivity contribution in [2.24, 2.45) is 0 Å².